The van der Waals surface area contributed by atoms with Gasteiger partial charge in [-0.15, -0.1) is 0 Å². The van der Waals surface area contributed by atoms with Gasteiger partial charge in [-0.2, -0.15) is 0 Å². The van der Waals surface area contributed by atoms with Crippen molar-refractivity contribution >= 4 is 105 Å². The van der Waals surface area contributed by atoms with Gasteiger partial charge in [0.1, 0.15) is 33.5 Å². The SMILES string of the molecule is c1ccc2c(c1)oc1c(-c3ccc(N(c4ccc(-c5cccc6c5oc5ccccc56)cc4)c4ccc5c(c4)oc4cccc(-n6c7ccccc7c7ccccc76)c45)cc3)cccc12. The Balaban J connectivity index is 0.920. The number of aromatic nitrogens is 1. The molecule has 0 aliphatic heterocycles. The fourth-order valence-electron chi connectivity index (χ4n) is 10.3. The molecule has 0 saturated carbocycles. The summed E-state index contributed by atoms with van der Waals surface area (Å²) < 4.78 is 22.1. The molecule has 65 heavy (non-hydrogen) atoms. The van der Waals surface area contributed by atoms with E-state index in [1.165, 1.54) is 21.8 Å². The molecule has 0 aliphatic rings. The number of fused-ring (bicyclic) bond motifs is 12. The van der Waals surface area contributed by atoms with E-state index < -0.39 is 0 Å². The number of rotatable bonds is 6. The van der Waals surface area contributed by atoms with Crippen LogP contribution < -0.4 is 4.90 Å². The summed E-state index contributed by atoms with van der Waals surface area (Å²) in [5, 5.41) is 9.07. The summed E-state index contributed by atoms with van der Waals surface area (Å²) in [7, 11) is 0. The molecule has 5 nitrogen and oxygen atoms in total. The Bertz CT molecular complexity index is 3970. The minimum atomic E-state index is 0.817. The van der Waals surface area contributed by atoms with Crippen LogP contribution in [-0.2, 0) is 0 Å². The van der Waals surface area contributed by atoms with E-state index in [1.54, 1.807) is 0 Å². The molecule has 0 N–H and O–H groups in total. The van der Waals surface area contributed by atoms with Crippen molar-refractivity contribution < 1.29 is 13.3 Å². The average Bonchev–Trinajstić information content (AvgIpc) is 4.13. The van der Waals surface area contributed by atoms with Crippen molar-refractivity contribution in [1.29, 1.82) is 0 Å². The van der Waals surface area contributed by atoms with E-state index in [4.69, 9.17) is 13.3 Å². The number of anilines is 3. The predicted octanol–water partition coefficient (Wildman–Crippen LogP) is 17.3. The first-order valence-electron chi connectivity index (χ1n) is 22.0. The van der Waals surface area contributed by atoms with Crippen LogP contribution in [0.15, 0.2) is 232 Å². The highest BCUT2D eigenvalue weighted by molar-refractivity contribution is 6.15. The van der Waals surface area contributed by atoms with Crippen LogP contribution in [0.3, 0.4) is 0 Å². The van der Waals surface area contributed by atoms with Gasteiger partial charge in [0.05, 0.1) is 22.1 Å². The number of nitrogens with zero attached hydrogens (tertiary/aromatic N) is 2. The van der Waals surface area contributed by atoms with Gasteiger partial charge in [0.2, 0.25) is 0 Å². The van der Waals surface area contributed by atoms with Gasteiger partial charge in [-0.05, 0) is 83.9 Å². The highest BCUT2D eigenvalue weighted by atomic mass is 16.3. The van der Waals surface area contributed by atoms with Crippen LogP contribution in [0, 0.1) is 0 Å². The number of hydrogen-bond acceptors (Lipinski definition) is 4. The standard InChI is InChI=1S/C60H36N2O3/c1-5-20-51-44(12-1)45-13-2-6-21-52(45)62(51)53-22-11-25-56-58(53)50-35-34-41(36-57(50)63-56)61(39-30-26-37(27-31-39)42-16-9-18-48-46-14-3-7-23-54(46)64-59(42)48)40-32-28-38(29-33-40)43-17-10-19-49-47-15-4-8-24-55(47)65-60(43)49/h1-36H. The second kappa shape index (κ2) is 13.9. The Morgan fingerprint density at radius 3 is 1.34 bits per heavy atom. The maximum Gasteiger partial charge on any atom is 0.143 e. The summed E-state index contributed by atoms with van der Waals surface area (Å²) in [6, 6.07) is 77.1. The normalized spacial score (nSPS) is 12.0. The van der Waals surface area contributed by atoms with Crippen LogP contribution in [0.4, 0.5) is 17.1 Å². The fourth-order valence-corrected chi connectivity index (χ4v) is 10.3. The third-order valence-corrected chi connectivity index (χ3v) is 13.2. The van der Waals surface area contributed by atoms with Gasteiger partial charge >= 0.3 is 0 Å². The Morgan fingerprint density at radius 2 is 0.769 bits per heavy atom. The van der Waals surface area contributed by atoms with Gasteiger partial charge in [-0.25, -0.2) is 0 Å². The lowest BCUT2D eigenvalue weighted by Crippen LogP contribution is -2.09. The maximum absolute atomic E-state index is 6.80. The van der Waals surface area contributed by atoms with Crippen LogP contribution >= 0.6 is 0 Å². The Morgan fingerprint density at radius 1 is 0.308 bits per heavy atom. The van der Waals surface area contributed by atoms with Crippen molar-refractivity contribution in [2.45, 2.75) is 0 Å². The molecule has 14 rings (SSSR count). The van der Waals surface area contributed by atoms with Gasteiger partial charge < -0.3 is 22.7 Å². The van der Waals surface area contributed by atoms with Crippen molar-refractivity contribution in [1.82, 2.24) is 4.57 Å². The van der Waals surface area contributed by atoms with E-state index in [0.29, 0.717) is 0 Å². The lowest BCUT2D eigenvalue weighted by Gasteiger charge is -2.26. The smallest absolute Gasteiger partial charge is 0.143 e. The Labute approximate surface area is 372 Å². The highest BCUT2D eigenvalue weighted by Gasteiger charge is 2.21. The first-order chi connectivity index (χ1) is 32.2. The second-order valence-corrected chi connectivity index (χ2v) is 16.8. The van der Waals surface area contributed by atoms with E-state index in [9.17, 15) is 0 Å². The molecule has 0 saturated heterocycles. The van der Waals surface area contributed by atoms with Gasteiger partial charge in [0, 0.05) is 72.0 Å². The van der Waals surface area contributed by atoms with Crippen LogP contribution in [0.1, 0.15) is 0 Å². The zero-order valence-electron chi connectivity index (χ0n) is 34.9. The van der Waals surface area contributed by atoms with Crippen molar-refractivity contribution in [3.8, 4) is 27.9 Å². The quantitative estimate of drug-likeness (QED) is 0.167. The molecular formula is C60H36N2O3. The van der Waals surface area contributed by atoms with Crippen molar-refractivity contribution in [3.63, 3.8) is 0 Å². The predicted molar refractivity (Wildman–Crippen MR) is 268 cm³/mol. The molecule has 304 valence electrons. The third-order valence-electron chi connectivity index (χ3n) is 13.2. The zero-order valence-corrected chi connectivity index (χ0v) is 34.9. The number of benzene rings is 10. The molecule has 0 spiro atoms. The Kier molecular flexibility index (Phi) is 7.62. The van der Waals surface area contributed by atoms with Gasteiger partial charge in [0.25, 0.3) is 0 Å². The molecule has 0 fully saturated rings. The molecule has 0 atom stereocenters. The molecule has 0 bridgehead atoms. The van der Waals surface area contributed by atoms with Crippen molar-refractivity contribution in [3.05, 3.63) is 218 Å². The molecule has 0 unspecified atom stereocenters. The highest BCUT2D eigenvalue weighted by Crippen LogP contribution is 2.44. The molecule has 0 aliphatic carbocycles. The van der Waals surface area contributed by atoms with Crippen molar-refractivity contribution in [2.24, 2.45) is 0 Å². The number of furan rings is 3. The molecule has 0 radical (unpaired) electrons. The first-order valence-corrected chi connectivity index (χ1v) is 22.0. The van der Waals surface area contributed by atoms with Gasteiger partial charge in [-0.3, -0.25) is 0 Å². The second-order valence-electron chi connectivity index (χ2n) is 16.8. The lowest BCUT2D eigenvalue weighted by atomic mass is 10.0. The number of para-hydroxylation sites is 6. The largest absolute Gasteiger partial charge is 0.456 e. The monoisotopic (exact) mass is 832 g/mol. The molecule has 0 amide bonds. The minimum Gasteiger partial charge on any atom is -0.456 e. The summed E-state index contributed by atoms with van der Waals surface area (Å²) in [5.41, 5.74) is 15.9. The van der Waals surface area contributed by atoms with Gasteiger partial charge in [0.15, 0.2) is 0 Å². The lowest BCUT2D eigenvalue weighted by molar-refractivity contribution is 0.668. The topological polar surface area (TPSA) is 47.6 Å². The van der Waals surface area contributed by atoms with E-state index in [0.717, 1.165) is 111 Å². The van der Waals surface area contributed by atoms with Crippen molar-refractivity contribution in [2.75, 3.05) is 4.90 Å². The van der Waals surface area contributed by atoms with Crippen LogP contribution in [-0.4, -0.2) is 4.57 Å². The van der Waals surface area contributed by atoms with Crippen LogP contribution in [0.25, 0.3) is 116 Å². The summed E-state index contributed by atoms with van der Waals surface area (Å²) in [4.78, 5) is 2.30. The van der Waals surface area contributed by atoms with E-state index in [2.05, 4.69) is 204 Å². The average molecular weight is 833 g/mol. The summed E-state index contributed by atoms with van der Waals surface area (Å²) in [5.74, 6) is 0. The molecule has 5 heteroatoms. The number of hydrogen-bond donors (Lipinski definition) is 0. The summed E-state index contributed by atoms with van der Waals surface area (Å²) >= 11 is 0. The third kappa shape index (κ3) is 5.39. The molecule has 4 heterocycles. The molecule has 14 aromatic rings. The van der Waals surface area contributed by atoms with E-state index in [-0.39, 0.29) is 0 Å². The van der Waals surface area contributed by atoms with Gasteiger partial charge in [-0.1, -0.05) is 140 Å². The minimum absolute atomic E-state index is 0.817. The summed E-state index contributed by atoms with van der Waals surface area (Å²) in [6.07, 6.45) is 0. The Hall–Kier alpha value is -8.80. The van der Waals surface area contributed by atoms with Crippen LogP contribution in [0.5, 0.6) is 0 Å². The molecule has 4 aromatic heterocycles. The van der Waals surface area contributed by atoms with E-state index in [1.807, 2.05) is 24.3 Å². The maximum atomic E-state index is 6.80. The molecule has 10 aromatic carbocycles. The first kappa shape index (κ1) is 35.8. The molecular weight excluding hydrogens is 797 g/mol. The summed E-state index contributed by atoms with van der Waals surface area (Å²) in [6.45, 7) is 0. The fraction of sp³-hybridized carbons (Fsp3) is 0. The van der Waals surface area contributed by atoms with Crippen LogP contribution in [0.2, 0.25) is 0 Å². The zero-order chi connectivity index (χ0) is 42.6. The van der Waals surface area contributed by atoms with E-state index >= 15 is 0 Å².